The Kier molecular flexibility index (Phi) is 2.76. The van der Waals surface area contributed by atoms with Crippen LogP contribution in [0.1, 0.15) is 5.56 Å². The maximum Gasteiger partial charge on any atom is 0.131 e. The highest BCUT2D eigenvalue weighted by atomic mass is 19.1. The van der Waals surface area contributed by atoms with Gasteiger partial charge >= 0.3 is 0 Å². The standard InChI is InChI=1S/C10H14FNO/c1-7-9(11)5-8(12(2)3)6-10(7)13-4/h5-6H,1-4H3. The number of nitrogens with zero attached hydrogens (tertiary/aromatic N) is 1. The van der Waals surface area contributed by atoms with Gasteiger partial charge in [-0.3, -0.25) is 0 Å². The van der Waals surface area contributed by atoms with E-state index in [1.54, 1.807) is 14.0 Å². The van der Waals surface area contributed by atoms with Gasteiger partial charge in [0.25, 0.3) is 0 Å². The number of benzene rings is 1. The fourth-order valence-electron chi connectivity index (χ4n) is 1.11. The number of hydrogen-bond donors (Lipinski definition) is 0. The van der Waals surface area contributed by atoms with Crippen LogP contribution < -0.4 is 9.64 Å². The second-order valence-electron chi connectivity index (χ2n) is 3.15. The van der Waals surface area contributed by atoms with Gasteiger partial charge in [-0.1, -0.05) is 0 Å². The topological polar surface area (TPSA) is 12.5 Å². The molecule has 0 saturated heterocycles. The summed E-state index contributed by atoms with van der Waals surface area (Å²) >= 11 is 0. The first-order valence-electron chi connectivity index (χ1n) is 4.07. The predicted octanol–water partition coefficient (Wildman–Crippen LogP) is 2.21. The Balaban J connectivity index is 3.22. The van der Waals surface area contributed by atoms with Crippen LogP contribution in [0, 0.1) is 12.7 Å². The molecular weight excluding hydrogens is 169 g/mol. The zero-order chi connectivity index (χ0) is 10.0. The number of halogens is 1. The van der Waals surface area contributed by atoms with Gasteiger partial charge in [0.2, 0.25) is 0 Å². The largest absolute Gasteiger partial charge is 0.496 e. The van der Waals surface area contributed by atoms with E-state index in [0.29, 0.717) is 11.3 Å². The van der Waals surface area contributed by atoms with Crippen molar-refractivity contribution in [1.82, 2.24) is 0 Å². The van der Waals surface area contributed by atoms with E-state index in [-0.39, 0.29) is 5.82 Å². The molecule has 0 saturated carbocycles. The minimum atomic E-state index is -0.233. The number of anilines is 1. The summed E-state index contributed by atoms with van der Waals surface area (Å²) in [4.78, 5) is 1.84. The van der Waals surface area contributed by atoms with E-state index in [0.717, 1.165) is 5.69 Å². The quantitative estimate of drug-likeness (QED) is 0.697. The summed E-state index contributed by atoms with van der Waals surface area (Å²) in [6.07, 6.45) is 0. The van der Waals surface area contributed by atoms with Gasteiger partial charge in [-0.25, -0.2) is 4.39 Å². The zero-order valence-corrected chi connectivity index (χ0v) is 8.39. The summed E-state index contributed by atoms with van der Waals surface area (Å²) in [5, 5.41) is 0. The molecule has 0 atom stereocenters. The lowest BCUT2D eigenvalue weighted by Gasteiger charge is -2.15. The van der Waals surface area contributed by atoms with Crippen molar-refractivity contribution in [2.45, 2.75) is 6.92 Å². The minimum absolute atomic E-state index is 0.233. The monoisotopic (exact) mass is 183 g/mol. The van der Waals surface area contributed by atoms with Gasteiger partial charge in [-0.05, 0) is 13.0 Å². The van der Waals surface area contributed by atoms with Crippen LogP contribution in [0.3, 0.4) is 0 Å². The molecule has 13 heavy (non-hydrogen) atoms. The molecule has 0 aromatic heterocycles. The Hall–Kier alpha value is -1.25. The Morgan fingerprint density at radius 2 is 1.92 bits per heavy atom. The van der Waals surface area contributed by atoms with Crippen molar-refractivity contribution in [3.63, 3.8) is 0 Å². The molecule has 0 aliphatic rings. The highest BCUT2D eigenvalue weighted by Gasteiger charge is 2.07. The summed E-state index contributed by atoms with van der Waals surface area (Å²) in [7, 11) is 5.27. The molecule has 2 nitrogen and oxygen atoms in total. The Labute approximate surface area is 77.9 Å². The summed E-state index contributed by atoms with van der Waals surface area (Å²) in [6.45, 7) is 1.70. The van der Waals surface area contributed by atoms with Gasteiger partial charge in [0.15, 0.2) is 0 Å². The zero-order valence-electron chi connectivity index (χ0n) is 8.39. The molecule has 0 fully saturated rings. The van der Waals surface area contributed by atoms with Crippen molar-refractivity contribution < 1.29 is 9.13 Å². The highest BCUT2D eigenvalue weighted by Crippen LogP contribution is 2.26. The lowest BCUT2D eigenvalue weighted by atomic mass is 10.2. The van der Waals surface area contributed by atoms with E-state index in [9.17, 15) is 4.39 Å². The predicted molar refractivity (Wildman–Crippen MR) is 52.0 cm³/mol. The maximum absolute atomic E-state index is 13.3. The van der Waals surface area contributed by atoms with E-state index >= 15 is 0 Å². The van der Waals surface area contributed by atoms with E-state index in [1.807, 2.05) is 25.1 Å². The van der Waals surface area contributed by atoms with Crippen molar-refractivity contribution in [3.05, 3.63) is 23.5 Å². The molecule has 0 spiro atoms. The first-order valence-corrected chi connectivity index (χ1v) is 4.07. The second-order valence-corrected chi connectivity index (χ2v) is 3.15. The smallest absolute Gasteiger partial charge is 0.131 e. The second kappa shape index (κ2) is 3.64. The summed E-state index contributed by atoms with van der Waals surface area (Å²) < 4.78 is 18.3. The van der Waals surface area contributed by atoms with Crippen LogP contribution >= 0.6 is 0 Å². The molecule has 0 aliphatic carbocycles. The first-order chi connectivity index (χ1) is 6.06. The molecule has 0 heterocycles. The van der Waals surface area contributed by atoms with E-state index in [2.05, 4.69) is 0 Å². The van der Waals surface area contributed by atoms with E-state index in [4.69, 9.17) is 4.74 Å². The fraction of sp³-hybridized carbons (Fsp3) is 0.400. The number of ether oxygens (including phenoxy) is 1. The van der Waals surface area contributed by atoms with Crippen LogP contribution in [-0.4, -0.2) is 21.2 Å². The fourth-order valence-corrected chi connectivity index (χ4v) is 1.11. The molecule has 0 bridgehead atoms. The van der Waals surface area contributed by atoms with Crippen LogP contribution in [0.4, 0.5) is 10.1 Å². The van der Waals surface area contributed by atoms with Gasteiger partial charge < -0.3 is 9.64 Å². The van der Waals surface area contributed by atoms with Crippen LogP contribution in [0.5, 0.6) is 5.75 Å². The summed E-state index contributed by atoms with van der Waals surface area (Å²) in [5.41, 5.74) is 1.35. The van der Waals surface area contributed by atoms with Gasteiger partial charge in [0, 0.05) is 31.4 Å². The summed E-state index contributed by atoms with van der Waals surface area (Å²) in [5.74, 6) is 0.353. The van der Waals surface area contributed by atoms with Gasteiger partial charge in [-0.2, -0.15) is 0 Å². The van der Waals surface area contributed by atoms with E-state index < -0.39 is 0 Å². The molecule has 0 N–H and O–H groups in total. The average Bonchev–Trinajstić information content (AvgIpc) is 2.09. The third kappa shape index (κ3) is 1.91. The Morgan fingerprint density at radius 3 is 2.38 bits per heavy atom. The minimum Gasteiger partial charge on any atom is -0.496 e. The molecule has 0 aliphatic heterocycles. The van der Waals surface area contributed by atoms with Crippen LogP contribution in [0.15, 0.2) is 12.1 Å². The number of rotatable bonds is 2. The highest BCUT2D eigenvalue weighted by molar-refractivity contribution is 5.53. The molecule has 3 heteroatoms. The first kappa shape index (κ1) is 9.84. The van der Waals surface area contributed by atoms with Gasteiger partial charge in [0.1, 0.15) is 11.6 Å². The number of methoxy groups -OCH3 is 1. The van der Waals surface area contributed by atoms with Crippen LogP contribution in [-0.2, 0) is 0 Å². The molecule has 0 radical (unpaired) electrons. The summed E-state index contributed by atoms with van der Waals surface area (Å²) in [6, 6.07) is 3.32. The van der Waals surface area contributed by atoms with Crippen molar-refractivity contribution >= 4 is 5.69 Å². The normalized spacial score (nSPS) is 9.92. The molecule has 0 amide bonds. The average molecular weight is 183 g/mol. The maximum atomic E-state index is 13.3. The van der Waals surface area contributed by atoms with Crippen LogP contribution in [0.2, 0.25) is 0 Å². The SMILES string of the molecule is COc1cc(N(C)C)cc(F)c1C. The Morgan fingerprint density at radius 1 is 1.31 bits per heavy atom. The third-order valence-corrected chi connectivity index (χ3v) is 2.02. The van der Waals surface area contributed by atoms with Crippen molar-refractivity contribution in [2.24, 2.45) is 0 Å². The Bertz CT molecular complexity index is 310. The van der Waals surface area contributed by atoms with Gasteiger partial charge in [0.05, 0.1) is 7.11 Å². The number of hydrogen-bond acceptors (Lipinski definition) is 2. The molecule has 1 aromatic rings. The van der Waals surface area contributed by atoms with Crippen LogP contribution in [0.25, 0.3) is 0 Å². The third-order valence-electron chi connectivity index (χ3n) is 2.02. The molecule has 0 unspecified atom stereocenters. The molecule has 1 rings (SSSR count). The van der Waals surface area contributed by atoms with E-state index in [1.165, 1.54) is 6.07 Å². The van der Waals surface area contributed by atoms with Crippen molar-refractivity contribution in [2.75, 3.05) is 26.1 Å². The van der Waals surface area contributed by atoms with Crippen molar-refractivity contribution in [1.29, 1.82) is 0 Å². The molecular formula is C10H14FNO. The van der Waals surface area contributed by atoms with Crippen molar-refractivity contribution in [3.8, 4) is 5.75 Å². The molecule has 1 aromatic carbocycles. The lowest BCUT2D eigenvalue weighted by Crippen LogP contribution is -2.09. The van der Waals surface area contributed by atoms with Gasteiger partial charge in [-0.15, -0.1) is 0 Å². The molecule has 72 valence electrons. The lowest BCUT2D eigenvalue weighted by molar-refractivity contribution is 0.407.